The normalized spacial score (nSPS) is 43.4. The van der Waals surface area contributed by atoms with Gasteiger partial charge in [-0.3, -0.25) is 0 Å². The number of allylic oxidation sites excluding steroid dienone is 1. The molecule has 2 atom stereocenters. The monoisotopic (exact) mass is 138 g/mol. The summed E-state index contributed by atoms with van der Waals surface area (Å²) in [5.41, 5.74) is 6.97. The standard InChI is InChI=1S/C8H14N2/c1-5(2)10-3-6-7(4-10)8(6)9/h6-8H,1,3-4,9H2,2H3. The van der Waals surface area contributed by atoms with Gasteiger partial charge < -0.3 is 10.6 Å². The van der Waals surface area contributed by atoms with Crippen LogP contribution in [0.1, 0.15) is 6.92 Å². The number of nitrogens with zero attached hydrogens (tertiary/aromatic N) is 1. The molecule has 0 aromatic rings. The zero-order valence-electron chi connectivity index (χ0n) is 6.38. The van der Waals surface area contributed by atoms with Crippen molar-refractivity contribution in [2.75, 3.05) is 13.1 Å². The predicted octanol–water partition coefficient (Wildman–Crippen LogP) is 0.409. The molecule has 0 radical (unpaired) electrons. The first-order valence-corrected chi connectivity index (χ1v) is 3.86. The minimum atomic E-state index is 0.510. The molecule has 1 heterocycles. The Balaban J connectivity index is 1.95. The fraction of sp³-hybridized carbons (Fsp3) is 0.750. The molecule has 0 amide bonds. The summed E-state index contributed by atoms with van der Waals surface area (Å²) in [5.74, 6) is 1.58. The molecule has 0 aromatic carbocycles. The number of likely N-dealkylation sites (tertiary alicyclic amines) is 1. The van der Waals surface area contributed by atoms with E-state index in [0.717, 1.165) is 24.9 Å². The van der Waals surface area contributed by atoms with Crippen molar-refractivity contribution in [1.82, 2.24) is 4.90 Å². The second-order valence-electron chi connectivity index (χ2n) is 3.55. The molecule has 2 fully saturated rings. The van der Waals surface area contributed by atoms with E-state index in [0.29, 0.717) is 6.04 Å². The average Bonchev–Trinajstić information content (AvgIpc) is 2.38. The van der Waals surface area contributed by atoms with Crippen molar-refractivity contribution in [1.29, 1.82) is 0 Å². The molecule has 0 spiro atoms. The second-order valence-corrected chi connectivity index (χ2v) is 3.55. The fourth-order valence-corrected chi connectivity index (χ4v) is 1.88. The maximum Gasteiger partial charge on any atom is 0.0222 e. The van der Waals surface area contributed by atoms with Crippen molar-refractivity contribution < 1.29 is 0 Å². The molecular formula is C8H14N2. The molecule has 0 aromatic heterocycles. The van der Waals surface area contributed by atoms with Crippen LogP contribution in [0.25, 0.3) is 0 Å². The van der Waals surface area contributed by atoms with Gasteiger partial charge in [0.05, 0.1) is 0 Å². The van der Waals surface area contributed by atoms with E-state index in [1.807, 2.05) is 0 Å². The summed E-state index contributed by atoms with van der Waals surface area (Å²) in [5, 5.41) is 0. The Hall–Kier alpha value is -0.500. The third-order valence-electron chi connectivity index (χ3n) is 2.80. The smallest absolute Gasteiger partial charge is 0.0222 e. The van der Waals surface area contributed by atoms with Gasteiger partial charge in [0.1, 0.15) is 0 Å². The summed E-state index contributed by atoms with van der Waals surface area (Å²) in [6, 6.07) is 0.510. The van der Waals surface area contributed by atoms with Crippen LogP contribution in [0.4, 0.5) is 0 Å². The van der Waals surface area contributed by atoms with Gasteiger partial charge in [-0.25, -0.2) is 0 Å². The van der Waals surface area contributed by atoms with E-state index >= 15 is 0 Å². The molecular weight excluding hydrogens is 124 g/mol. The molecule has 1 aliphatic carbocycles. The zero-order chi connectivity index (χ0) is 7.30. The number of rotatable bonds is 1. The summed E-state index contributed by atoms with van der Waals surface area (Å²) in [4.78, 5) is 2.33. The largest absolute Gasteiger partial charge is 0.375 e. The molecule has 1 aliphatic heterocycles. The van der Waals surface area contributed by atoms with Crippen LogP contribution >= 0.6 is 0 Å². The van der Waals surface area contributed by atoms with Gasteiger partial charge in [0.15, 0.2) is 0 Å². The molecule has 10 heavy (non-hydrogen) atoms. The van der Waals surface area contributed by atoms with Crippen LogP contribution in [-0.2, 0) is 0 Å². The van der Waals surface area contributed by atoms with Crippen molar-refractivity contribution in [3.05, 3.63) is 12.3 Å². The maximum absolute atomic E-state index is 5.78. The zero-order valence-corrected chi connectivity index (χ0v) is 6.38. The van der Waals surface area contributed by atoms with Crippen molar-refractivity contribution in [3.63, 3.8) is 0 Å². The van der Waals surface area contributed by atoms with Crippen LogP contribution in [0.5, 0.6) is 0 Å². The first kappa shape index (κ1) is 6.23. The second kappa shape index (κ2) is 1.76. The molecule has 2 N–H and O–H groups in total. The number of nitrogens with two attached hydrogens (primary N) is 1. The quantitative estimate of drug-likeness (QED) is 0.568. The lowest BCUT2D eigenvalue weighted by Gasteiger charge is -2.20. The average molecular weight is 138 g/mol. The minimum absolute atomic E-state index is 0.510. The van der Waals surface area contributed by atoms with E-state index in [4.69, 9.17) is 5.73 Å². The molecule has 56 valence electrons. The Kier molecular flexibility index (Phi) is 1.09. The van der Waals surface area contributed by atoms with Crippen LogP contribution in [0, 0.1) is 11.8 Å². The lowest BCUT2D eigenvalue weighted by molar-refractivity contribution is 0.374. The molecule has 2 heteroatoms. The van der Waals surface area contributed by atoms with Gasteiger partial charge in [0.2, 0.25) is 0 Å². The van der Waals surface area contributed by atoms with E-state index in [9.17, 15) is 0 Å². The van der Waals surface area contributed by atoms with E-state index in [1.165, 1.54) is 5.70 Å². The van der Waals surface area contributed by atoms with Crippen LogP contribution in [-0.4, -0.2) is 24.0 Å². The van der Waals surface area contributed by atoms with Crippen LogP contribution in [0.3, 0.4) is 0 Å². The third-order valence-corrected chi connectivity index (χ3v) is 2.80. The maximum atomic E-state index is 5.78. The summed E-state index contributed by atoms with van der Waals surface area (Å²) < 4.78 is 0. The van der Waals surface area contributed by atoms with Gasteiger partial charge in [-0.15, -0.1) is 0 Å². The summed E-state index contributed by atoms with van der Waals surface area (Å²) in [7, 11) is 0. The first-order chi connectivity index (χ1) is 4.70. The molecule has 1 saturated heterocycles. The van der Waals surface area contributed by atoms with Crippen LogP contribution < -0.4 is 5.73 Å². The van der Waals surface area contributed by atoms with Gasteiger partial charge in [-0.1, -0.05) is 6.58 Å². The minimum Gasteiger partial charge on any atom is -0.375 e. The lowest BCUT2D eigenvalue weighted by atomic mass is 10.3. The highest BCUT2D eigenvalue weighted by Crippen LogP contribution is 2.44. The van der Waals surface area contributed by atoms with Crippen molar-refractivity contribution in [2.45, 2.75) is 13.0 Å². The van der Waals surface area contributed by atoms with Crippen LogP contribution in [0.2, 0.25) is 0 Å². The Morgan fingerprint density at radius 3 is 2.40 bits per heavy atom. The molecule has 2 nitrogen and oxygen atoms in total. The van der Waals surface area contributed by atoms with Crippen LogP contribution in [0.15, 0.2) is 12.3 Å². The summed E-state index contributed by atoms with van der Waals surface area (Å²) >= 11 is 0. The highest BCUT2D eigenvalue weighted by Gasteiger charge is 2.53. The molecule has 2 aliphatic rings. The number of hydrogen-bond acceptors (Lipinski definition) is 2. The van der Waals surface area contributed by atoms with E-state index in [1.54, 1.807) is 0 Å². The van der Waals surface area contributed by atoms with E-state index in [-0.39, 0.29) is 0 Å². The number of hydrogen-bond donors (Lipinski definition) is 1. The molecule has 0 bridgehead atoms. The Bertz CT molecular complexity index is 164. The lowest BCUT2D eigenvalue weighted by Crippen LogP contribution is -2.26. The molecule has 2 rings (SSSR count). The highest BCUT2D eigenvalue weighted by atomic mass is 15.2. The van der Waals surface area contributed by atoms with Crippen molar-refractivity contribution in [3.8, 4) is 0 Å². The molecule has 2 unspecified atom stereocenters. The van der Waals surface area contributed by atoms with Crippen molar-refractivity contribution >= 4 is 0 Å². The topological polar surface area (TPSA) is 29.3 Å². The van der Waals surface area contributed by atoms with Gasteiger partial charge in [0, 0.05) is 24.8 Å². The van der Waals surface area contributed by atoms with Crippen molar-refractivity contribution in [2.24, 2.45) is 17.6 Å². The Labute approximate surface area is 61.7 Å². The van der Waals surface area contributed by atoms with Gasteiger partial charge >= 0.3 is 0 Å². The number of fused-ring (bicyclic) bond motifs is 1. The third kappa shape index (κ3) is 0.686. The SMILES string of the molecule is C=C(C)N1CC2C(N)C2C1. The number of piperidine rings is 1. The van der Waals surface area contributed by atoms with Gasteiger partial charge in [0.25, 0.3) is 0 Å². The van der Waals surface area contributed by atoms with E-state index in [2.05, 4.69) is 18.4 Å². The van der Waals surface area contributed by atoms with E-state index < -0.39 is 0 Å². The van der Waals surface area contributed by atoms with Gasteiger partial charge in [-0.2, -0.15) is 0 Å². The Morgan fingerprint density at radius 2 is 2.00 bits per heavy atom. The Morgan fingerprint density at radius 1 is 1.50 bits per heavy atom. The summed E-state index contributed by atoms with van der Waals surface area (Å²) in [6.07, 6.45) is 0. The van der Waals surface area contributed by atoms with Gasteiger partial charge in [-0.05, 0) is 18.8 Å². The summed E-state index contributed by atoms with van der Waals surface area (Å²) in [6.45, 7) is 8.28. The fourth-order valence-electron chi connectivity index (χ4n) is 1.88. The predicted molar refractivity (Wildman–Crippen MR) is 41.3 cm³/mol. The molecule has 1 saturated carbocycles. The first-order valence-electron chi connectivity index (χ1n) is 3.86. The highest BCUT2D eigenvalue weighted by molar-refractivity contribution is 5.12.